The maximum atomic E-state index is 13.8. The Balaban J connectivity index is 1.84. The van der Waals surface area contributed by atoms with Crippen LogP contribution in [0.1, 0.15) is 24.8 Å². The normalized spacial score (nSPS) is 18.2. The third kappa shape index (κ3) is 5.44. The van der Waals surface area contributed by atoms with Crippen LogP contribution in [0.5, 0.6) is 0 Å². The van der Waals surface area contributed by atoms with Crippen LogP contribution in [0, 0.1) is 5.82 Å². The summed E-state index contributed by atoms with van der Waals surface area (Å²) in [5, 5.41) is 0.341. The van der Waals surface area contributed by atoms with Crippen molar-refractivity contribution in [2.75, 3.05) is 33.8 Å². The Labute approximate surface area is 142 Å². The third-order valence-electron chi connectivity index (χ3n) is 4.08. The van der Waals surface area contributed by atoms with Gasteiger partial charge in [0.05, 0.1) is 12.6 Å². The Morgan fingerprint density at radius 2 is 2.17 bits per heavy atom. The van der Waals surface area contributed by atoms with Gasteiger partial charge in [-0.15, -0.1) is 0 Å². The minimum atomic E-state index is -0.388. The molecular weight excluding hydrogens is 319 g/mol. The highest BCUT2D eigenvalue weighted by atomic mass is 35.5. The molecule has 0 N–H and O–H groups in total. The number of ether oxygens (including phenoxy) is 1. The van der Waals surface area contributed by atoms with Gasteiger partial charge in [0.1, 0.15) is 5.82 Å². The first-order valence-electron chi connectivity index (χ1n) is 7.94. The number of likely N-dealkylation sites (N-methyl/N-ethyl adjacent to an activating group) is 2. The summed E-state index contributed by atoms with van der Waals surface area (Å²) in [6.45, 7) is 1.98. The Morgan fingerprint density at radius 1 is 1.39 bits per heavy atom. The van der Waals surface area contributed by atoms with Crippen molar-refractivity contribution in [1.82, 2.24) is 9.80 Å². The van der Waals surface area contributed by atoms with E-state index in [9.17, 15) is 9.18 Å². The first-order valence-corrected chi connectivity index (χ1v) is 8.32. The summed E-state index contributed by atoms with van der Waals surface area (Å²) in [7, 11) is 3.57. The minimum Gasteiger partial charge on any atom is -0.377 e. The Kier molecular flexibility index (Phi) is 6.81. The van der Waals surface area contributed by atoms with E-state index in [1.54, 1.807) is 19.2 Å². The largest absolute Gasteiger partial charge is 0.377 e. The second-order valence-corrected chi connectivity index (χ2v) is 6.54. The molecule has 1 fully saturated rings. The monoisotopic (exact) mass is 342 g/mol. The van der Waals surface area contributed by atoms with E-state index in [1.165, 1.54) is 17.4 Å². The lowest BCUT2D eigenvalue weighted by molar-refractivity contribution is -0.131. The topological polar surface area (TPSA) is 32.8 Å². The number of hydrogen-bond donors (Lipinski definition) is 0. The number of amides is 1. The first-order chi connectivity index (χ1) is 11.0. The van der Waals surface area contributed by atoms with Crippen molar-refractivity contribution < 1.29 is 13.9 Å². The molecule has 0 bridgehead atoms. The molecule has 128 valence electrons. The summed E-state index contributed by atoms with van der Waals surface area (Å²) in [4.78, 5) is 15.8. The predicted octanol–water partition coefficient (Wildman–Crippen LogP) is 2.94. The molecule has 23 heavy (non-hydrogen) atoms. The molecule has 1 aliphatic rings. The van der Waals surface area contributed by atoms with Gasteiger partial charge in [-0.2, -0.15) is 0 Å². The molecule has 1 heterocycles. The standard InChI is InChI=1S/C17H24ClFN2O2/c1-20(10-13-6-3-4-9-23-13)12-17(22)21(2)11-14-15(18)7-5-8-16(14)19/h5,7-8,13H,3-4,6,9-12H2,1-2H3. The number of carbonyl (C=O) groups is 1. The highest BCUT2D eigenvalue weighted by Crippen LogP contribution is 2.20. The summed E-state index contributed by atoms with van der Waals surface area (Å²) >= 11 is 6.01. The molecule has 0 radical (unpaired) electrons. The van der Waals surface area contributed by atoms with Gasteiger partial charge < -0.3 is 9.64 Å². The van der Waals surface area contributed by atoms with Crippen LogP contribution in [-0.2, 0) is 16.1 Å². The van der Waals surface area contributed by atoms with Gasteiger partial charge in [0, 0.05) is 37.3 Å². The van der Waals surface area contributed by atoms with Gasteiger partial charge in [-0.3, -0.25) is 9.69 Å². The lowest BCUT2D eigenvalue weighted by Crippen LogP contribution is -2.40. The van der Waals surface area contributed by atoms with E-state index < -0.39 is 0 Å². The van der Waals surface area contributed by atoms with E-state index in [-0.39, 0.29) is 30.9 Å². The fraction of sp³-hybridized carbons (Fsp3) is 0.588. The molecule has 2 rings (SSSR count). The molecule has 0 aliphatic carbocycles. The summed E-state index contributed by atoms with van der Waals surface area (Å²) in [5.74, 6) is -0.455. The number of rotatable bonds is 6. The Morgan fingerprint density at radius 3 is 2.83 bits per heavy atom. The van der Waals surface area contributed by atoms with Crippen LogP contribution in [0.2, 0.25) is 5.02 Å². The van der Waals surface area contributed by atoms with Gasteiger partial charge in [0.15, 0.2) is 0 Å². The second-order valence-electron chi connectivity index (χ2n) is 6.14. The number of carbonyl (C=O) groups excluding carboxylic acids is 1. The summed E-state index contributed by atoms with van der Waals surface area (Å²) in [6.07, 6.45) is 3.54. The molecule has 1 aromatic carbocycles. The molecule has 1 aromatic rings. The Hall–Kier alpha value is -1.17. The van der Waals surface area contributed by atoms with Crippen LogP contribution < -0.4 is 0 Å². The van der Waals surface area contributed by atoms with Crippen LogP contribution in [0.15, 0.2) is 18.2 Å². The van der Waals surface area contributed by atoms with E-state index >= 15 is 0 Å². The highest BCUT2D eigenvalue weighted by molar-refractivity contribution is 6.31. The van der Waals surface area contributed by atoms with Crippen LogP contribution in [0.4, 0.5) is 4.39 Å². The van der Waals surface area contributed by atoms with Gasteiger partial charge in [-0.25, -0.2) is 4.39 Å². The molecule has 0 spiro atoms. The molecule has 1 saturated heterocycles. The van der Waals surface area contributed by atoms with Crippen molar-refractivity contribution in [3.05, 3.63) is 34.6 Å². The fourth-order valence-corrected chi connectivity index (χ4v) is 2.95. The van der Waals surface area contributed by atoms with Crippen molar-refractivity contribution in [2.45, 2.75) is 31.9 Å². The maximum absolute atomic E-state index is 13.8. The van der Waals surface area contributed by atoms with E-state index in [4.69, 9.17) is 16.3 Å². The average Bonchev–Trinajstić information content (AvgIpc) is 2.51. The summed E-state index contributed by atoms with van der Waals surface area (Å²) < 4.78 is 19.5. The van der Waals surface area contributed by atoms with E-state index in [0.29, 0.717) is 10.6 Å². The lowest BCUT2D eigenvalue weighted by Gasteiger charge is -2.28. The van der Waals surface area contributed by atoms with E-state index in [0.717, 1.165) is 26.0 Å². The zero-order chi connectivity index (χ0) is 16.8. The molecule has 1 unspecified atom stereocenters. The molecule has 1 aliphatic heterocycles. The van der Waals surface area contributed by atoms with Crippen LogP contribution in [-0.4, -0.2) is 55.6 Å². The van der Waals surface area contributed by atoms with Crippen LogP contribution in [0.25, 0.3) is 0 Å². The van der Waals surface area contributed by atoms with Gasteiger partial charge in [-0.05, 0) is 38.4 Å². The van der Waals surface area contributed by atoms with Gasteiger partial charge >= 0.3 is 0 Å². The Bertz CT molecular complexity index is 515. The van der Waals surface area contributed by atoms with Crippen molar-refractivity contribution in [1.29, 1.82) is 0 Å². The molecule has 0 aromatic heterocycles. The zero-order valence-corrected chi connectivity index (χ0v) is 14.5. The summed E-state index contributed by atoms with van der Waals surface area (Å²) in [5.41, 5.74) is 0.350. The number of halogens is 2. The number of hydrogen-bond acceptors (Lipinski definition) is 3. The first kappa shape index (κ1) is 18.2. The van der Waals surface area contributed by atoms with E-state index in [2.05, 4.69) is 0 Å². The van der Waals surface area contributed by atoms with Crippen molar-refractivity contribution in [2.24, 2.45) is 0 Å². The molecule has 1 amide bonds. The SMILES string of the molecule is CN(CC(=O)N(C)Cc1c(F)cccc1Cl)CC1CCCCO1. The van der Waals surface area contributed by atoms with Gasteiger partial charge in [0.2, 0.25) is 5.91 Å². The fourth-order valence-electron chi connectivity index (χ4n) is 2.72. The highest BCUT2D eigenvalue weighted by Gasteiger charge is 2.19. The van der Waals surface area contributed by atoms with Crippen LogP contribution >= 0.6 is 11.6 Å². The molecule has 1 atom stereocenters. The van der Waals surface area contributed by atoms with Gasteiger partial charge in [0.25, 0.3) is 0 Å². The average molecular weight is 343 g/mol. The van der Waals surface area contributed by atoms with Crippen molar-refractivity contribution >= 4 is 17.5 Å². The minimum absolute atomic E-state index is 0.0670. The van der Waals surface area contributed by atoms with Crippen LogP contribution in [0.3, 0.4) is 0 Å². The lowest BCUT2D eigenvalue weighted by atomic mass is 10.1. The molecule has 0 saturated carbocycles. The number of nitrogens with zero attached hydrogens (tertiary/aromatic N) is 2. The summed E-state index contributed by atoms with van der Waals surface area (Å²) in [6, 6.07) is 4.54. The van der Waals surface area contributed by atoms with Gasteiger partial charge in [-0.1, -0.05) is 17.7 Å². The maximum Gasteiger partial charge on any atom is 0.236 e. The molecular formula is C17H24ClFN2O2. The number of benzene rings is 1. The molecule has 6 heteroatoms. The van der Waals surface area contributed by atoms with E-state index in [1.807, 2.05) is 11.9 Å². The second kappa shape index (κ2) is 8.62. The quantitative estimate of drug-likeness (QED) is 0.797. The third-order valence-corrected chi connectivity index (χ3v) is 4.43. The zero-order valence-electron chi connectivity index (χ0n) is 13.7. The molecule has 4 nitrogen and oxygen atoms in total. The van der Waals surface area contributed by atoms with Crippen molar-refractivity contribution in [3.8, 4) is 0 Å². The smallest absolute Gasteiger partial charge is 0.236 e. The predicted molar refractivity (Wildman–Crippen MR) is 89.0 cm³/mol. The van der Waals surface area contributed by atoms with Crippen molar-refractivity contribution in [3.63, 3.8) is 0 Å².